The van der Waals surface area contributed by atoms with Gasteiger partial charge in [0, 0.05) is 12.1 Å². The second-order valence-corrected chi connectivity index (χ2v) is 9.23. The highest BCUT2D eigenvalue weighted by Crippen LogP contribution is 2.20. The van der Waals surface area contributed by atoms with Crippen molar-refractivity contribution in [1.82, 2.24) is 10.2 Å². The second kappa shape index (κ2) is 9.76. The normalized spacial score (nSPS) is 12.4. The standard InChI is InChI=1S/C24H27N3O3S/c1-18-9-7-8-12-22(18)26-31(29,30)21-15-13-20(14-16-21)24(28)25-17-23(27(2)3)19-10-5-4-6-11-19/h4-16,23,26H,17H2,1-3H3,(H,25,28). The van der Waals surface area contributed by atoms with Gasteiger partial charge in [0.2, 0.25) is 0 Å². The summed E-state index contributed by atoms with van der Waals surface area (Å²) < 4.78 is 27.9. The van der Waals surface area contributed by atoms with Gasteiger partial charge in [-0.1, -0.05) is 48.5 Å². The Balaban J connectivity index is 1.68. The van der Waals surface area contributed by atoms with E-state index in [0.717, 1.165) is 11.1 Å². The molecule has 3 rings (SSSR count). The van der Waals surface area contributed by atoms with Crippen LogP contribution in [0.15, 0.2) is 83.8 Å². The number of anilines is 1. The fourth-order valence-electron chi connectivity index (χ4n) is 3.24. The van der Waals surface area contributed by atoms with E-state index in [1.54, 1.807) is 12.1 Å². The van der Waals surface area contributed by atoms with Crippen LogP contribution in [0.25, 0.3) is 0 Å². The van der Waals surface area contributed by atoms with Crippen LogP contribution < -0.4 is 10.0 Å². The van der Waals surface area contributed by atoms with Crippen molar-refractivity contribution in [3.05, 3.63) is 95.6 Å². The zero-order valence-corrected chi connectivity index (χ0v) is 18.7. The van der Waals surface area contributed by atoms with E-state index >= 15 is 0 Å². The average Bonchev–Trinajstić information content (AvgIpc) is 2.76. The third-order valence-corrected chi connectivity index (χ3v) is 6.46. The first kappa shape index (κ1) is 22.5. The molecule has 0 radical (unpaired) electrons. The van der Waals surface area contributed by atoms with E-state index in [-0.39, 0.29) is 16.8 Å². The molecule has 2 N–H and O–H groups in total. The summed E-state index contributed by atoms with van der Waals surface area (Å²) in [7, 11) is 0.187. The number of carbonyl (C=O) groups is 1. The number of aryl methyl sites for hydroxylation is 1. The molecule has 0 spiro atoms. The molecular formula is C24H27N3O3S. The lowest BCUT2D eigenvalue weighted by atomic mass is 10.1. The zero-order valence-electron chi connectivity index (χ0n) is 17.9. The quantitative estimate of drug-likeness (QED) is 0.561. The Morgan fingerprint density at radius 2 is 1.52 bits per heavy atom. The van der Waals surface area contributed by atoms with Gasteiger partial charge in [0.05, 0.1) is 16.6 Å². The molecular weight excluding hydrogens is 410 g/mol. The lowest BCUT2D eigenvalue weighted by molar-refractivity contribution is 0.0942. The van der Waals surface area contributed by atoms with Crippen molar-refractivity contribution in [3.8, 4) is 0 Å². The van der Waals surface area contributed by atoms with Crippen LogP contribution >= 0.6 is 0 Å². The number of benzene rings is 3. The number of para-hydroxylation sites is 1. The Bertz CT molecular complexity index is 1130. The van der Waals surface area contributed by atoms with Crippen LogP contribution in [0.3, 0.4) is 0 Å². The fraction of sp³-hybridized carbons (Fsp3) is 0.208. The van der Waals surface area contributed by atoms with Crippen LogP contribution in [0.5, 0.6) is 0 Å². The molecule has 162 valence electrons. The van der Waals surface area contributed by atoms with Gasteiger partial charge in [-0.15, -0.1) is 0 Å². The number of hydrogen-bond donors (Lipinski definition) is 2. The van der Waals surface area contributed by atoms with Crippen molar-refractivity contribution in [2.45, 2.75) is 17.9 Å². The Labute approximate surface area is 184 Å². The molecule has 0 aromatic heterocycles. The number of likely N-dealkylation sites (N-methyl/N-ethyl adjacent to an activating group) is 1. The molecule has 6 nitrogen and oxygen atoms in total. The molecule has 31 heavy (non-hydrogen) atoms. The smallest absolute Gasteiger partial charge is 0.261 e. The number of nitrogens with zero attached hydrogens (tertiary/aromatic N) is 1. The maximum atomic E-state index is 12.7. The summed E-state index contributed by atoms with van der Waals surface area (Å²) in [6, 6.07) is 23.1. The maximum Gasteiger partial charge on any atom is 0.261 e. The summed E-state index contributed by atoms with van der Waals surface area (Å²) in [4.78, 5) is 14.7. The predicted molar refractivity (Wildman–Crippen MR) is 124 cm³/mol. The third-order valence-electron chi connectivity index (χ3n) is 5.08. The maximum absolute atomic E-state index is 12.7. The van der Waals surface area contributed by atoms with E-state index in [1.165, 1.54) is 24.3 Å². The van der Waals surface area contributed by atoms with E-state index in [2.05, 4.69) is 10.0 Å². The zero-order chi connectivity index (χ0) is 22.4. The van der Waals surface area contributed by atoms with Gasteiger partial charge in [-0.3, -0.25) is 9.52 Å². The minimum Gasteiger partial charge on any atom is -0.350 e. The van der Waals surface area contributed by atoms with Gasteiger partial charge in [0.1, 0.15) is 0 Å². The number of sulfonamides is 1. The third kappa shape index (κ3) is 5.71. The van der Waals surface area contributed by atoms with E-state index in [4.69, 9.17) is 0 Å². The minimum absolute atomic E-state index is 0.0307. The van der Waals surface area contributed by atoms with E-state index in [0.29, 0.717) is 17.8 Å². The Kier molecular flexibility index (Phi) is 7.09. The highest BCUT2D eigenvalue weighted by molar-refractivity contribution is 7.92. The van der Waals surface area contributed by atoms with E-state index in [9.17, 15) is 13.2 Å². The number of hydrogen-bond acceptors (Lipinski definition) is 4. The molecule has 1 unspecified atom stereocenters. The topological polar surface area (TPSA) is 78.5 Å². The molecule has 0 fully saturated rings. The van der Waals surface area contributed by atoms with Crippen LogP contribution in [0.2, 0.25) is 0 Å². The van der Waals surface area contributed by atoms with Crippen LogP contribution in [0, 0.1) is 6.92 Å². The number of carbonyl (C=O) groups excluding carboxylic acids is 1. The summed E-state index contributed by atoms with van der Waals surface area (Å²) in [6.45, 7) is 2.27. The SMILES string of the molecule is Cc1ccccc1NS(=O)(=O)c1ccc(C(=O)NCC(c2ccccc2)N(C)C)cc1. The molecule has 0 aliphatic heterocycles. The molecule has 0 saturated heterocycles. The van der Waals surface area contributed by atoms with Gasteiger partial charge in [-0.05, 0) is 62.5 Å². The number of nitrogens with one attached hydrogen (secondary N) is 2. The van der Waals surface area contributed by atoms with Gasteiger partial charge in [-0.2, -0.15) is 0 Å². The predicted octanol–water partition coefficient (Wildman–Crippen LogP) is 3.83. The first-order valence-electron chi connectivity index (χ1n) is 9.96. The van der Waals surface area contributed by atoms with Gasteiger partial charge in [0.15, 0.2) is 0 Å². The van der Waals surface area contributed by atoms with Crippen LogP contribution in [-0.2, 0) is 10.0 Å². The highest BCUT2D eigenvalue weighted by Gasteiger charge is 2.18. The van der Waals surface area contributed by atoms with Crippen LogP contribution in [-0.4, -0.2) is 39.9 Å². The summed E-state index contributed by atoms with van der Waals surface area (Å²) >= 11 is 0. The molecule has 3 aromatic carbocycles. The summed E-state index contributed by atoms with van der Waals surface area (Å²) in [5, 5.41) is 2.94. The largest absolute Gasteiger partial charge is 0.350 e. The summed E-state index contributed by atoms with van der Waals surface area (Å²) in [6.07, 6.45) is 0. The highest BCUT2D eigenvalue weighted by atomic mass is 32.2. The van der Waals surface area contributed by atoms with Crippen LogP contribution in [0.1, 0.15) is 27.5 Å². The number of rotatable bonds is 8. The Hall–Kier alpha value is -3.16. The molecule has 0 aliphatic carbocycles. The molecule has 0 heterocycles. The number of amides is 1. The average molecular weight is 438 g/mol. The molecule has 0 bridgehead atoms. The van der Waals surface area contributed by atoms with Crippen LogP contribution in [0.4, 0.5) is 5.69 Å². The summed E-state index contributed by atoms with van der Waals surface area (Å²) in [5.74, 6) is -0.251. The van der Waals surface area contributed by atoms with Crippen molar-refractivity contribution in [2.24, 2.45) is 0 Å². The van der Waals surface area contributed by atoms with Gasteiger partial charge < -0.3 is 10.2 Å². The minimum atomic E-state index is -3.74. The lowest BCUT2D eigenvalue weighted by Crippen LogP contribution is -2.34. The molecule has 1 amide bonds. The monoisotopic (exact) mass is 437 g/mol. The van der Waals surface area contributed by atoms with Crippen molar-refractivity contribution in [2.75, 3.05) is 25.4 Å². The van der Waals surface area contributed by atoms with E-state index in [1.807, 2.05) is 68.4 Å². The van der Waals surface area contributed by atoms with Crippen molar-refractivity contribution in [3.63, 3.8) is 0 Å². The Morgan fingerprint density at radius 3 is 2.13 bits per heavy atom. The van der Waals surface area contributed by atoms with Gasteiger partial charge in [0.25, 0.3) is 15.9 Å². The fourth-order valence-corrected chi connectivity index (χ4v) is 4.37. The van der Waals surface area contributed by atoms with E-state index < -0.39 is 10.0 Å². The molecule has 1 atom stereocenters. The summed E-state index contributed by atoms with van der Waals surface area (Å²) in [5.41, 5.74) is 2.87. The van der Waals surface area contributed by atoms with Crippen molar-refractivity contribution in [1.29, 1.82) is 0 Å². The second-order valence-electron chi connectivity index (χ2n) is 7.54. The Morgan fingerprint density at radius 1 is 0.903 bits per heavy atom. The molecule has 0 saturated carbocycles. The van der Waals surface area contributed by atoms with Crippen molar-refractivity contribution >= 4 is 21.6 Å². The van der Waals surface area contributed by atoms with Crippen molar-refractivity contribution < 1.29 is 13.2 Å². The first-order chi connectivity index (χ1) is 14.8. The lowest BCUT2D eigenvalue weighted by Gasteiger charge is -2.25. The molecule has 7 heteroatoms. The van der Waals surface area contributed by atoms with Gasteiger partial charge in [-0.25, -0.2) is 8.42 Å². The molecule has 0 aliphatic rings. The van der Waals surface area contributed by atoms with Gasteiger partial charge >= 0.3 is 0 Å². The first-order valence-corrected chi connectivity index (χ1v) is 11.4. The molecule has 3 aromatic rings.